The molecule has 0 bridgehead atoms. The summed E-state index contributed by atoms with van der Waals surface area (Å²) in [6.07, 6.45) is -3.25. The predicted molar refractivity (Wildman–Crippen MR) is 66.0 cm³/mol. The number of halogens is 3. The summed E-state index contributed by atoms with van der Waals surface area (Å²) in [5.74, 6) is -1.01. The van der Waals surface area contributed by atoms with Crippen molar-refractivity contribution in [3.8, 4) is 11.1 Å². The number of carbonyl (C=O) groups is 1. The van der Waals surface area contributed by atoms with E-state index in [-0.39, 0.29) is 6.42 Å². The number of pyridine rings is 1. The summed E-state index contributed by atoms with van der Waals surface area (Å²) < 4.78 is 37.8. The van der Waals surface area contributed by atoms with Crippen LogP contribution < -0.4 is 0 Å². The van der Waals surface area contributed by atoms with Crippen LogP contribution in [0.2, 0.25) is 0 Å². The average molecular weight is 281 g/mol. The van der Waals surface area contributed by atoms with Crippen molar-refractivity contribution < 1.29 is 23.1 Å². The molecule has 20 heavy (non-hydrogen) atoms. The van der Waals surface area contributed by atoms with Gasteiger partial charge < -0.3 is 5.11 Å². The minimum atomic E-state index is -4.40. The third-order valence-electron chi connectivity index (χ3n) is 2.68. The monoisotopic (exact) mass is 281 g/mol. The molecule has 0 fully saturated rings. The summed E-state index contributed by atoms with van der Waals surface area (Å²) in [5, 5.41) is 8.61. The zero-order chi connectivity index (χ0) is 14.8. The molecule has 0 unspecified atom stereocenters. The maximum atomic E-state index is 12.6. The van der Waals surface area contributed by atoms with Gasteiger partial charge in [-0.3, -0.25) is 9.78 Å². The fourth-order valence-electron chi connectivity index (χ4n) is 1.73. The van der Waals surface area contributed by atoms with Crippen molar-refractivity contribution >= 4 is 5.97 Å². The quantitative estimate of drug-likeness (QED) is 0.938. The second-order valence-electron chi connectivity index (χ2n) is 4.19. The molecule has 0 spiro atoms. The number of hydrogen-bond acceptors (Lipinski definition) is 2. The zero-order valence-corrected chi connectivity index (χ0v) is 10.2. The largest absolute Gasteiger partial charge is 0.481 e. The fourth-order valence-corrected chi connectivity index (χ4v) is 1.73. The van der Waals surface area contributed by atoms with Gasteiger partial charge in [-0.15, -0.1) is 0 Å². The van der Waals surface area contributed by atoms with Gasteiger partial charge in [-0.05, 0) is 23.8 Å². The van der Waals surface area contributed by atoms with Gasteiger partial charge >= 0.3 is 12.1 Å². The Hall–Kier alpha value is -2.37. The molecule has 0 saturated heterocycles. The van der Waals surface area contributed by atoms with Crippen molar-refractivity contribution in [1.29, 1.82) is 0 Å². The third kappa shape index (κ3) is 3.34. The van der Waals surface area contributed by atoms with Gasteiger partial charge in [-0.2, -0.15) is 13.2 Å². The van der Waals surface area contributed by atoms with Crippen LogP contribution in [0, 0.1) is 0 Å². The van der Waals surface area contributed by atoms with E-state index in [0.717, 1.165) is 12.1 Å². The van der Waals surface area contributed by atoms with Crippen LogP contribution in [-0.4, -0.2) is 16.1 Å². The minimum Gasteiger partial charge on any atom is -0.481 e. The highest BCUT2D eigenvalue weighted by atomic mass is 19.4. The number of carboxylic acid groups (broad SMARTS) is 1. The molecule has 0 amide bonds. The van der Waals surface area contributed by atoms with Crippen LogP contribution in [0.15, 0.2) is 42.6 Å². The fraction of sp³-hybridized carbons (Fsp3) is 0.143. The summed E-state index contributed by atoms with van der Waals surface area (Å²) in [6.45, 7) is 0. The molecule has 2 rings (SSSR count). The highest BCUT2D eigenvalue weighted by molar-refractivity contribution is 5.70. The lowest BCUT2D eigenvalue weighted by molar-refractivity contribution is -0.138. The maximum Gasteiger partial charge on any atom is 0.416 e. The normalized spacial score (nSPS) is 11.3. The molecule has 2 aromatic rings. The Balaban J connectivity index is 2.30. The molecule has 0 aliphatic rings. The molecular formula is C14H10F3NO2. The summed E-state index contributed by atoms with van der Waals surface area (Å²) in [4.78, 5) is 14.4. The molecule has 6 heteroatoms. The molecule has 104 valence electrons. The first-order valence-corrected chi connectivity index (χ1v) is 5.70. The number of carboxylic acids is 1. The number of hydrogen-bond donors (Lipinski definition) is 1. The van der Waals surface area contributed by atoms with Crippen molar-refractivity contribution in [3.05, 3.63) is 53.9 Å². The number of nitrogens with zero attached hydrogens (tertiary/aromatic N) is 1. The second-order valence-corrected chi connectivity index (χ2v) is 4.19. The summed E-state index contributed by atoms with van der Waals surface area (Å²) in [6, 6.07) is 7.94. The van der Waals surface area contributed by atoms with Crippen LogP contribution in [0.3, 0.4) is 0 Å². The smallest absolute Gasteiger partial charge is 0.416 e. The van der Waals surface area contributed by atoms with Crippen LogP contribution in [0.5, 0.6) is 0 Å². The minimum absolute atomic E-state index is 0.219. The lowest BCUT2D eigenvalue weighted by atomic mass is 10.0. The van der Waals surface area contributed by atoms with Gasteiger partial charge in [0.2, 0.25) is 0 Å². The molecule has 1 aromatic carbocycles. The Kier molecular flexibility index (Phi) is 3.74. The second kappa shape index (κ2) is 5.32. The molecule has 1 N–H and O–H groups in total. The maximum absolute atomic E-state index is 12.6. The lowest BCUT2D eigenvalue weighted by Gasteiger charge is -2.09. The summed E-state index contributed by atoms with van der Waals surface area (Å²) in [5.41, 5.74) is 0.511. The molecule has 0 aliphatic carbocycles. The SMILES string of the molecule is O=C(O)Cc1ccc(-c2cccc(C(F)(F)F)c2)cn1. The average Bonchev–Trinajstić information content (AvgIpc) is 2.38. The molecule has 1 heterocycles. The van der Waals surface area contributed by atoms with Crippen molar-refractivity contribution in [2.24, 2.45) is 0 Å². The van der Waals surface area contributed by atoms with Crippen LogP contribution in [0.4, 0.5) is 13.2 Å². The van der Waals surface area contributed by atoms with E-state index in [9.17, 15) is 18.0 Å². The molecule has 3 nitrogen and oxygen atoms in total. The van der Waals surface area contributed by atoms with Gasteiger partial charge in [0, 0.05) is 11.8 Å². The third-order valence-corrected chi connectivity index (χ3v) is 2.68. The van der Waals surface area contributed by atoms with E-state index in [2.05, 4.69) is 4.98 Å². The summed E-state index contributed by atoms with van der Waals surface area (Å²) in [7, 11) is 0. The van der Waals surface area contributed by atoms with Gasteiger partial charge in [0.1, 0.15) is 0 Å². The highest BCUT2D eigenvalue weighted by Gasteiger charge is 2.30. The Morgan fingerprint density at radius 2 is 1.90 bits per heavy atom. The van der Waals surface area contributed by atoms with Crippen LogP contribution in [0.1, 0.15) is 11.3 Å². The van der Waals surface area contributed by atoms with Crippen LogP contribution in [0.25, 0.3) is 11.1 Å². The first-order valence-electron chi connectivity index (χ1n) is 5.70. The highest BCUT2D eigenvalue weighted by Crippen LogP contribution is 2.31. The first-order chi connectivity index (χ1) is 9.36. The number of alkyl halides is 3. The van der Waals surface area contributed by atoms with E-state index in [1.165, 1.54) is 18.3 Å². The van der Waals surface area contributed by atoms with Crippen molar-refractivity contribution in [3.63, 3.8) is 0 Å². The van der Waals surface area contributed by atoms with Gasteiger partial charge in [0.15, 0.2) is 0 Å². The van der Waals surface area contributed by atoms with E-state index >= 15 is 0 Å². The van der Waals surface area contributed by atoms with Crippen molar-refractivity contribution in [2.75, 3.05) is 0 Å². The molecule has 0 saturated carbocycles. The van der Waals surface area contributed by atoms with Gasteiger partial charge in [-0.1, -0.05) is 18.2 Å². The van der Waals surface area contributed by atoms with E-state index in [1.807, 2.05) is 0 Å². The number of rotatable bonds is 3. The van der Waals surface area contributed by atoms with E-state index in [4.69, 9.17) is 5.11 Å². The number of aliphatic carboxylic acids is 1. The lowest BCUT2D eigenvalue weighted by Crippen LogP contribution is -2.04. The number of benzene rings is 1. The van der Waals surface area contributed by atoms with Gasteiger partial charge in [0.05, 0.1) is 17.7 Å². The van der Waals surface area contributed by atoms with Crippen molar-refractivity contribution in [2.45, 2.75) is 12.6 Å². The Labute approximate surface area is 112 Å². The van der Waals surface area contributed by atoms with Crippen molar-refractivity contribution in [1.82, 2.24) is 4.98 Å². The first kappa shape index (κ1) is 14.0. The molecular weight excluding hydrogens is 271 g/mol. The van der Waals surface area contributed by atoms with E-state index < -0.39 is 17.7 Å². The zero-order valence-electron chi connectivity index (χ0n) is 10.2. The van der Waals surface area contributed by atoms with E-state index in [0.29, 0.717) is 16.8 Å². The van der Waals surface area contributed by atoms with Crippen LogP contribution >= 0.6 is 0 Å². The Morgan fingerprint density at radius 3 is 2.45 bits per heavy atom. The summed E-state index contributed by atoms with van der Waals surface area (Å²) >= 11 is 0. The van der Waals surface area contributed by atoms with Gasteiger partial charge in [0.25, 0.3) is 0 Å². The Bertz CT molecular complexity index is 621. The topological polar surface area (TPSA) is 50.2 Å². The van der Waals surface area contributed by atoms with E-state index in [1.54, 1.807) is 12.1 Å². The predicted octanol–water partition coefficient (Wildman–Crippen LogP) is 3.39. The molecule has 0 radical (unpaired) electrons. The molecule has 0 aliphatic heterocycles. The Morgan fingerprint density at radius 1 is 1.15 bits per heavy atom. The van der Waals surface area contributed by atoms with Crippen LogP contribution in [-0.2, 0) is 17.4 Å². The molecule has 0 atom stereocenters. The van der Waals surface area contributed by atoms with Gasteiger partial charge in [-0.25, -0.2) is 0 Å². The standard InChI is InChI=1S/C14H10F3NO2/c15-14(16,17)11-3-1-2-9(6-11)10-4-5-12(18-8-10)7-13(19)20/h1-6,8H,7H2,(H,19,20). The molecule has 1 aromatic heterocycles. The number of aromatic nitrogens is 1.